The molecule has 27 heavy (non-hydrogen) atoms. The highest BCUT2D eigenvalue weighted by Gasteiger charge is 2.28. The van der Waals surface area contributed by atoms with Gasteiger partial charge in [0.1, 0.15) is 17.2 Å². The average molecular weight is 402 g/mol. The Morgan fingerprint density at radius 2 is 1.56 bits per heavy atom. The smallest absolute Gasteiger partial charge is 0.259 e. The predicted molar refractivity (Wildman–Crippen MR) is 101 cm³/mol. The van der Waals surface area contributed by atoms with Crippen molar-refractivity contribution >= 4 is 24.2 Å². The van der Waals surface area contributed by atoms with Gasteiger partial charge < -0.3 is 15.1 Å². The van der Waals surface area contributed by atoms with Gasteiger partial charge in [0.15, 0.2) is 0 Å². The quantitative estimate of drug-likeness (QED) is 0.843. The number of halogens is 3. The summed E-state index contributed by atoms with van der Waals surface area (Å²) in [5.41, 5.74) is -0.516. The molecule has 2 aliphatic heterocycles. The van der Waals surface area contributed by atoms with Crippen LogP contribution in [0.5, 0.6) is 0 Å². The minimum absolute atomic E-state index is 0. The van der Waals surface area contributed by atoms with Crippen LogP contribution in [-0.4, -0.2) is 60.9 Å². The number of piperazine rings is 1. The van der Waals surface area contributed by atoms with Crippen molar-refractivity contribution in [2.24, 2.45) is 5.92 Å². The van der Waals surface area contributed by atoms with Gasteiger partial charge in [-0.3, -0.25) is 9.59 Å². The Labute approximate surface area is 164 Å². The van der Waals surface area contributed by atoms with Crippen LogP contribution in [0.15, 0.2) is 18.2 Å². The Balaban J connectivity index is 0.00000261. The second kappa shape index (κ2) is 9.99. The topological polar surface area (TPSA) is 52.7 Å². The number of carbonyl (C=O) groups is 2. The summed E-state index contributed by atoms with van der Waals surface area (Å²) in [5, 5.41) is 3.32. The lowest BCUT2D eigenvalue weighted by atomic mass is 9.93. The summed E-state index contributed by atoms with van der Waals surface area (Å²) < 4.78 is 27.6. The molecule has 2 amide bonds. The van der Waals surface area contributed by atoms with E-state index in [1.807, 2.05) is 0 Å². The summed E-state index contributed by atoms with van der Waals surface area (Å²) in [5.74, 6) is -1.65. The maximum absolute atomic E-state index is 13.8. The van der Waals surface area contributed by atoms with Gasteiger partial charge in [0, 0.05) is 32.6 Å². The normalized spacial score (nSPS) is 18.1. The van der Waals surface area contributed by atoms with Crippen molar-refractivity contribution in [1.29, 1.82) is 0 Å². The minimum atomic E-state index is -0.851. The average Bonchev–Trinajstić information content (AvgIpc) is 2.67. The number of nitrogens with one attached hydrogen (secondary N) is 1. The van der Waals surface area contributed by atoms with Crippen LogP contribution in [0.4, 0.5) is 8.78 Å². The largest absolute Gasteiger partial charge is 0.339 e. The zero-order valence-electron chi connectivity index (χ0n) is 15.3. The molecule has 2 fully saturated rings. The molecular formula is C19H26ClF2N3O2. The van der Waals surface area contributed by atoms with Crippen LogP contribution in [0, 0.1) is 17.6 Å². The molecule has 1 aromatic rings. The number of benzene rings is 1. The van der Waals surface area contributed by atoms with Crippen LogP contribution >= 0.6 is 12.4 Å². The van der Waals surface area contributed by atoms with Crippen molar-refractivity contribution in [3.63, 3.8) is 0 Å². The summed E-state index contributed by atoms with van der Waals surface area (Å²) >= 11 is 0. The van der Waals surface area contributed by atoms with E-state index in [4.69, 9.17) is 0 Å². The van der Waals surface area contributed by atoms with Crippen LogP contribution in [-0.2, 0) is 4.79 Å². The van der Waals surface area contributed by atoms with Crippen molar-refractivity contribution in [1.82, 2.24) is 15.1 Å². The molecule has 150 valence electrons. The SMILES string of the molecule is Cl.O=C(CCC1CCNCC1)N1CCN(C(=O)c2c(F)cccc2F)CC1. The molecular weight excluding hydrogens is 376 g/mol. The number of rotatable bonds is 4. The van der Waals surface area contributed by atoms with Gasteiger partial charge in [0.2, 0.25) is 5.91 Å². The number of nitrogens with zero attached hydrogens (tertiary/aromatic N) is 2. The zero-order valence-corrected chi connectivity index (χ0v) is 16.1. The predicted octanol–water partition coefficient (Wildman–Crippen LogP) is 2.45. The van der Waals surface area contributed by atoms with E-state index in [0.29, 0.717) is 38.5 Å². The Hall–Kier alpha value is -1.73. The zero-order chi connectivity index (χ0) is 18.5. The van der Waals surface area contributed by atoms with Crippen LogP contribution in [0.2, 0.25) is 0 Å². The fourth-order valence-electron chi connectivity index (χ4n) is 3.68. The Bertz CT molecular complexity index is 640. The molecule has 1 aromatic carbocycles. The van der Waals surface area contributed by atoms with Gasteiger partial charge in [-0.05, 0) is 50.4 Å². The molecule has 0 bridgehead atoms. The van der Waals surface area contributed by atoms with Crippen molar-refractivity contribution in [3.8, 4) is 0 Å². The fraction of sp³-hybridized carbons (Fsp3) is 0.579. The van der Waals surface area contributed by atoms with Gasteiger partial charge in [0.05, 0.1) is 0 Å². The third-order valence-electron chi connectivity index (χ3n) is 5.32. The highest BCUT2D eigenvalue weighted by molar-refractivity contribution is 5.95. The second-order valence-electron chi connectivity index (χ2n) is 7.00. The molecule has 2 heterocycles. The number of carbonyl (C=O) groups excluding carboxylic acids is 2. The molecule has 0 atom stereocenters. The first-order valence-electron chi connectivity index (χ1n) is 9.28. The Morgan fingerprint density at radius 1 is 1.00 bits per heavy atom. The van der Waals surface area contributed by atoms with Gasteiger partial charge in [0.25, 0.3) is 5.91 Å². The molecule has 0 unspecified atom stereocenters. The van der Waals surface area contributed by atoms with Crippen molar-refractivity contribution in [3.05, 3.63) is 35.4 Å². The standard InChI is InChI=1S/C19H25F2N3O2.ClH/c20-15-2-1-3-16(21)18(15)19(26)24-12-10-23(11-13-24)17(25)5-4-14-6-8-22-9-7-14;/h1-3,14,22H,4-13H2;1H. The second-order valence-corrected chi connectivity index (χ2v) is 7.00. The van der Waals surface area contributed by atoms with Crippen LogP contribution in [0.1, 0.15) is 36.0 Å². The van der Waals surface area contributed by atoms with E-state index in [-0.39, 0.29) is 18.3 Å². The fourth-order valence-corrected chi connectivity index (χ4v) is 3.68. The lowest BCUT2D eigenvalue weighted by Crippen LogP contribution is -2.51. The Morgan fingerprint density at radius 3 is 2.15 bits per heavy atom. The molecule has 0 radical (unpaired) electrons. The third-order valence-corrected chi connectivity index (χ3v) is 5.32. The summed E-state index contributed by atoms with van der Waals surface area (Å²) in [7, 11) is 0. The number of piperidine rings is 1. The van der Waals surface area contributed by atoms with Gasteiger partial charge in [-0.15, -0.1) is 12.4 Å². The molecule has 0 aliphatic carbocycles. The molecule has 0 spiro atoms. The summed E-state index contributed by atoms with van der Waals surface area (Å²) in [6.45, 7) is 3.45. The van der Waals surface area contributed by atoms with Crippen LogP contribution < -0.4 is 5.32 Å². The minimum Gasteiger partial charge on any atom is -0.339 e. The molecule has 0 aromatic heterocycles. The summed E-state index contributed by atoms with van der Waals surface area (Å²) in [4.78, 5) is 27.9. The van der Waals surface area contributed by atoms with Crippen molar-refractivity contribution < 1.29 is 18.4 Å². The highest BCUT2D eigenvalue weighted by Crippen LogP contribution is 2.20. The van der Waals surface area contributed by atoms with E-state index in [1.165, 1.54) is 11.0 Å². The maximum Gasteiger partial charge on any atom is 0.259 e. The number of amides is 2. The van der Waals surface area contributed by atoms with E-state index in [1.54, 1.807) is 4.90 Å². The van der Waals surface area contributed by atoms with Gasteiger partial charge in [-0.25, -0.2) is 8.78 Å². The summed E-state index contributed by atoms with van der Waals surface area (Å²) in [6.07, 6.45) is 3.66. The first kappa shape index (κ1) is 21.6. The highest BCUT2D eigenvalue weighted by atomic mass is 35.5. The molecule has 2 aliphatic rings. The molecule has 5 nitrogen and oxygen atoms in total. The monoisotopic (exact) mass is 401 g/mol. The van der Waals surface area contributed by atoms with E-state index in [9.17, 15) is 18.4 Å². The van der Waals surface area contributed by atoms with Gasteiger partial charge in [-0.1, -0.05) is 6.07 Å². The van der Waals surface area contributed by atoms with Crippen molar-refractivity contribution in [2.45, 2.75) is 25.7 Å². The molecule has 8 heteroatoms. The van der Waals surface area contributed by atoms with E-state index >= 15 is 0 Å². The lowest BCUT2D eigenvalue weighted by Gasteiger charge is -2.35. The van der Waals surface area contributed by atoms with Crippen LogP contribution in [0.3, 0.4) is 0 Å². The van der Waals surface area contributed by atoms with E-state index in [2.05, 4.69) is 5.32 Å². The molecule has 3 rings (SSSR count). The van der Waals surface area contributed by atoms with E-state index < -0.39 is 23.1 Å². The summed E-state index contributed by atoms with van der Waals surface area (Å²) in [6, 6.07) is 3.40. The third kappa shape index (κ3) is 5.39. The Kier molecular flexibility index (Phi) is 7.98. The first-order valence-corrected chi connectivity index (χ1v) is 9.28. The molecule has 0 saturated carbocycles. The molecule has 2 saturated heterocycles. The van der Waals surface area contributed by atoms with Gasteiger partial charge >= 0.3 is 0 Å². The van der Waals surface area contributed by atoms with Gasteiger partial charge in [-0.2, -0.15) is 0 Å². The number of hydrogen-bond donors (Lipinski definition) is 1. The lowest BCUT2D eigenvalue weighted by molar-refractivity contribution is -0.133. The van der Waals surface area contributed by atoms with E-state index in [0.717, 1.165) is 44.5 Å². The molecule has 1 N–H and O–H groups in total. The van der Waals surface area contributed by atoms with Crippen molar-refractivity contribution in [2.75, 3.05) is 39.3 Å². The number of hydrogen-bond acceptors (Lipinski definition) is 3. The van der Waals surface area contributed by atoms with Crippen LogP contribution in [0.25, 0.3) is 0 Å². The first-order chi connectivity index (χ1) is 12.6. The maximum atomic E-state index is 13.8.